The maximum atomic E-state index is 6.24. The first kappa shape index (κ1) is 11.2. The van der Waals surface area contributed by atoms with Gasteiger partial charge in [-0.05, 0) is 17.5 Å². The quantitative estimate of drug-likeness (QED) is 0.712. The molecule has 16 heavy (non-hydrogen) atoms. The van der Waals surface area contributed by atoms with Gasteiger partial charge in [0.05, 0.1) is 5.02 Å². The Morgan fingerprint density at radius 2 is 1.81 bits per heavy atom. The van der Waals surface area contributed by atoms with Crippen molar-refractivity contribution in [2.75, 3.05) is 0 Å². The Morgan fingerprint density at radius 1 is 1.06 bits per heavy atom. The molecule has 2 aromatic rings. The van der Waals surface area contributed by atoms with Crippen molar-refractivity contribution in [3.05, 3.63) is 59.1 Å². The first-order valence-corrected chi connectivity index (χ1v) is 5.95. The lowest BCUT2D eigenvalue weighted by molar-refractivity contribution is 0.920. The van der Waals surface area contributed by atoms with Gasteiger partial charge in [-0.1, -0.05) is 67.4 Å². The molecule has 0 aliphatic carbocycles. The summed E-state index contributed by atoms with van der Waals surface area (Å²) < 4.78 is 0. The van der Waals surface area contributed by atoms with Crippen molar-refractivity contribution in [3.8, 4) is 11.1 Å². The van der Waals surface area contributed by atoms with E-state index in [1.165, 1.54) is 5.56 Å². The Morgan fingerprint density at radius 3 is 2.44 bits per heavy atom. The van der Waals surface area contributed by atoms with Crippen LogP contribution in [0.15, 0.2) is 42.5 Å². The van der Waals surface area contributed by atoms with Crippen LogP contribution in [0.25, 0.3) is 11.1 Å². The second kappa shape index (κ2) is 5.18. The van der Waals surface area contributed by atoms with E-state index >= 15 is 0 Å². The van der Waals surface area contributed by atoms with Crippen molar-refractivity contribution in [1.82, 2.24) is 0 Å². The molecule has 0 aliphatic rings. The van der Waals surface area contributed by atoms with E-state index in [-0.39, 0.29) is 0 Å². The van der Waals surface area contributed by atoms with Gasteiger partial charge in [-0.25, -0.2) is 0 Å². The summed E-state index contributed by atoms with van der Waals surface area (Å²) in [7, 11) is 0. The molecule has 0 fully saturated rings. The highest BCUT2D eigenvalue weighted by Crippen LogP contribution is 2.28. The van der Waals surface area contributed by atoms with Gasteiger partial charge in [-0.15, -0.1) is 0 Å². The SMILES string of the molecule is CCCc1[c]c(Cl)c(-c2ccccc2)cc1. The van der Waals surface area contributed by atoms with Crippen LogP contribution in [0.1, 0.15) is 18.9 Å². The van der Waals surface area contributed by atoms with Crippen molar-refractivity contribution in [2.24, 2.45) is 0 Å². The number of hydrogen-bond acceptors (Lipinski definition) is 0. The van der Waals surface area contributed by atoms with Gasteiger partial charge < -0.3 is 0 Å². The molecule has 0 N–H and O–H groups in total. The Labute approximate surface area is 102 Å². The largest absolute Gasteiger partial charge is 0.0830 e. The first-order valence-electron chi connectivity index (χ1n) is 5.57. The van der Waals surface area contributed by atoms with Gasteiger partial charge in [0.2, 0.25) is 0 Å². The van der Waals surface area contributed by atoms with Crippen LogP contribution in [-0.4, -0.2) is 0 Å². The normalized spacial score (nSPS) is 10.4. The summed E-state index contributed by atoms with van der Waals surface area (Å²) in [4.78, 5) is 0. The lowest BCUT2D eigenvalue weighted by Gasteiger charge is -2.06. The molecule has 1 radical (unpaired) electrons. The van der Waals surface area contributed by atoms with Crippen molar-refractivity contribution in [3.63, 3.8) is 0 Å². The van der Waals surface area contributed by atoms with E-state index in [4.69, 9.17) is 11.6 Å². The molecule has 0 unspecified atom stereocenters. The summed E-state index contributed by atoms with van der Waals surface area (Å²) in [5.41, 5.74) is 3.39. The summed E-state index contributed by atoms with van der Waals surface area (Å²) in [6.07, 6.45) is 2.16. The lowest BCUT2D eigenvalue weighted by Crippen LogP contribution is -1.86. The molecule has 0 bridgehead atoms. The Bertz CT molecular complexity index is 460. The molecule has 2 rings (SSSR count). The third-order valence-electron chi connectivity index (χ3n) is 2.56. The Kier molecular flexibility index (Phi) is 3.63. The van der Waals surface area contributed by atoms with E-state index in [0.29, 0.717) is 0 Å². The summed E-state index contributed by atoms with van der Waals surface area (Å²) >= 11 is 6.24. The molecule has 81 valence electrons. The molecule has 0 aliphatic heterocycles. The number of aryl methyl sites for hydroxylation is 1. The summed E-state index contributed by atoms with van der Waals surface area (Å²) in [6.45, 7) is 2.16. The van der Waals surface area contributed by atoms with E-state index in [1.54, 1.807) is 0 Å². The summed E-state index contributed by atoms with van der Waals surface area (Å²) in [5, 5.41) is 0.720. The predicted octanol–water partition coefficient (Wildman–Crippen LogP) is 4.76. The highest BCUT2D eigenvalue weighted by atomic mass is 35.5. The molecule has 2 aromatic carbocycles. The standard InChI is InChI=1S/C15H14Cl/c1-2-6-12-9-10-14(15(16)11-12)13-7-4-3-5-8-13/h3-5,7-10H,2,6H2,1H3. The fraction of sp³-hybridized carbons (Fsp3) is 0.200. The zero-order valence-electron chi connectivity index (χ0n) is 9.33. The second-order valence-electron chi connectivity index (χ2n) is 3.83. The van der Waals surface area contributed by atoms with E-state index in [1.807, 2.05) is 18.2 Å². The molecule has 0 spiro atoms. The molecular weight excluding hydrogens is 216 g/mol. The maximum absolute atomic E-state index is 6.24. The minimum atomic E-state index is 0.720. The Balaban J connectivity index is 2.37. The molecule has 0 amide bonds. The number of halogens is 1. The van der Waals surface area contributed by atoms with Crippen LogP contribution in [-0.2, 0) is 6.42 Å². The molecule has 0 heterocycles. The molecule has 0 atom stereocenters. The predicted molar refractivity (Wildman–Crippen MR) is 69.7 cm³/mol. The molecule has 0 nitrogen and oxygen atoms in total. The maximum Gasteiger partial charge on any atom is 0.0566 e. The minimum Gasteiger partial charge on any atom is -0.0830 e. The molecule has 0 aromatic heterocycles. The summed E-state index contributed by atoms with van der Waals surface area (Å²) in [6, 6.07) is 17.6. The van der Waals surface area contributed by atoms with Crippen molar-refractivity contribution in [1.29, 1.82) is 0 Å². The topological polar surface area (TPSA) is 0 Å². The van der Waals surface area contributed by atoms with Crippen LogP contribution in [0, 0.1) is 6.07 Å². The van der Waals surface area contributed by atoms with Crippen molar-refractivity contribution < 1.29 is 0 Å². The van der Waals surface area contributed by atoms with Gasteiger partial charge in [0.15, 0.2) is 0 Å². The van der Waals surface area contributed by atoms with Gasteiger partial charge in [-0.2, -0.15) is 0 Å². The van der Waals surface area contributed by atoms with Crippen LogP contribution in [0.2, 0.25) is 5.02 Å². The van der Waals surface area contributed by atoms with Gasteiger partial charge in [-0.3, -0.25) is 0 Å². The van der Waals surface area contributed by atoms with Gasteiger partial charge in [0.25, 0.3) is 0 Å². The van der Waals surface area contributed by atoms with Crippen molar-refractivity contribution >= 4 is 11.6 Å². The number of rotatable bonds is 3. The highest BCUT2D eigenvalue weighted by molar-refractivity contribution is 6.33. The zero-order chi connectivity index (χ0) is 11.4. The average molecular weight is 230 g/mol. The summed E-state index contributed by atoms with van der Waals surface area (Å²) in [5.74, 6) is 0. The number of benzene rings is 2. The molecular formula is C15H14Cl. The Hall–Kier alpha value is -1.27. The van der Waals surface area contributed by atoms with Crippen LogP contribution < -0.4 is 0 Å². The highest BCUT2D eigenvalue weighted by Gasteiger charge is 2.04. The van der Waals surface area contributed by atoms with Crippen LogP contribution in [0.5, 0.6) is 0 Å². The van der Waals surface area contributed by atoms with Gasteiger partial charge >= 0.3 is 0 Å². The fourth-order valence-electron chi connectivity index (χ4n) is 1.76. The second-order valence-corrected chi connectivity index (χ2v) is 4.21. The lowest BCUT2D eigenvalue weighted by atomic mass is 10.0. The van der Waals surface area contributed by atoms with E-state index in [0.717, 1.165) is 29.0 Å². The first-order chi connectivity index (χ1) is 7.81. The van der Waals surface area contributed by atoms with E-state index in [2.05, 4.69) is 37.3 Å². The molecule has 0 saturated carbocycles. The van der Waals surface area contributed by atoms with E-state index in [9.17, 15) is 0 Å². The fourth-order valence-corrected chi connectivity index (χ4v) is 2.06. The average Bonchev–Trinajstić information content (AvgIpc) is 2.31. The smallest absolute Gasteiger partial charge is 0.0566 e. The van der Waals surface area contributed by atoms with Crippen LogP contribution in [0.4, 0.5) is 0 Å². The van der Waals surface area contributed by atoms with Crippen molar-refractivity contribution in [2.45, 2.75) is 19.8 Å². The van der Waals surface area contributed by atoms with E-state index < -0.39 is 0 Å². The monoisotopic (exact) mass is 229 g/mol. The van der Waals surface area contributed by atoms with Gasteiger partial charge in [0, 0.05) is 11.6 Å². The van der Waals surface area contributed by atoms with Crippen LogP contribution >= 0.6 is 11.6 Å². The third kappa shape index (κ3) is 2.45. The third-order valence-corrected chi connectivity index (χ3v) is 2.86. The number of hydrogen-bond donors (Lipinski definition) is 0. The van der Waals surface area contributed by atoms with Gasteiger partial charge in [0.1, 0.15) is 0 Å². The molecule has 1 heteroatoms. The molecule has 0 saturated heterocycles. The van der Waals surface area contributed by atoms with Crippen LogP contribution in [0.3, 0.4) is 0 Å². The zero-order valence-corrected chi connectivity index (χ0v) is 10.1. The minimum absolute atomic E-state index is 0.720.